The van der Waals surface area contributed by atoms with Crippen molar-refractivity contribution < 1.29 is 28.8 Å². The largest absolute Gasteiger partial charge is 0.469 e. The number of phosphoric ester groups is 1. The third kappa shape index (κ3) is 27.1. The number of carbonyl (C=O) groups is 1. The topological polar surface area (TPSA) is 116 Å². The van der Waals surface area contributed by atoms with Crippen LogP contribution >= 0.6 is 7.82 Å². The zero-order chi connectivity index (χ0) is 28.3. The highest BCUT2D eigenvalue weighted by Gasteiger charge is 2.25. The minimum absolute atomic E-state index is 0.196. The molecule has 0 aliphatic carbocycles. The number of rotatable bonds is 29. The highest BCUT2D eigenvalue weighted by atomic mass is 31.2. The molecule has 0 saturated carbocycles. The lowest BCUT2D eigenvalue weighted by Gasteiger charge is -2.24. The first-order valence-electron chi connectivity index (χ1n) is 16.0. The Hall–Kier alpha value is -0.460. The smallest absolute Gasteiger partial charge is 0.391 e. The van der Waals surface area contributed by atoms with Crippen LogP contribution in [-0.2, 0) is 13.9 Å². The minimum Gasteiger partial charge on any atom is -0.391 e. The summed E-state index contributed by atoms with van der Waals surface area (Å²) in [6, 6.07) is -0.814. The Bertz CT molecular complexity index is 571. The number of nitrogens with one attached hydrogen (secondary N) is 1. The van der Waals surface area contributed by atoms with Crippen LogP contribution in [0.25, 0.3) is 0 Å². The van der Waals surface area contributed by atoms with Crippen molar-refractivity contribution in [3.8, 4) is 0 Å². The number of phosphoric acid groups is 1. The Morgan fingerprint density at radius 2 is 1.03 bits per heavy atom. The van der Waals surface area contributed by atoms with Gasteiger partial charge in [0.2, 0.25) is 5.91 Å². The van der Waals surface area contributed by atoms with E-state index in [-0.39, 0.29) is 5.91 Å². The number of hydrogen-bond donors (Lipinski definition) is 4. The molecule has 0 fully saturated rings. The van der Waals surface area contributed by atoms with Gasteiger partial charge in [-0.3, -0.25) is 9.32 Å². The highest BCUT2D eigenvalue weighted by Crippen LogP contribution is 2.36. The fraction of sp³-hybridized carbons (Fsp3) is 0.967. The van der Waals surface area contributed by atoms with Crippen LogP contribution in [0.2, 0.25) is 0 Å². The summed E-state index contributed by atoms with van der Waals surface area (Å²) in [5.74, 6) is -0.196. The maximum atomic E-state index is 12.4. The van der Waals surface area contributed by atoms with Gasteiger partial charge in [0.15, 0.2) is 0 Å². The normalized spacial score (nSPS) is 13.5. The summed E-state index contributed by atoms with van der Waals surface area (Å²) in [6.45, 7) is 4.07. The molecular weight excluding hydrogens is 501 g/mol. The van der Waals surface area contributed by atoms with Crippen molar-refractivity contribution in [1.82, 2.24) is 5.32 Å². The zero-order valence-electron chi connectivity index (χ0n) is 24.8. The van der Waals surface area contributed by atoms with Gasteiger partial charge in [-0.05, 0) is 12.8 Å². The molecule has 0 aromatic carbocycles. The summed E-state index contributed by atoms with van der Waals surface area (Å²) >= 11 is 0. The summed E-state index contributed by atoms with van der Waals surface area (Å²) in [5.41, 5.74) is 0. The van der Waals surface area contributed by atoms with E-state index >= 15 is 0 Å². The van der Waals surface area contributed by atoms with E-state index in [1.54, 1.807) is 0 Å². The van der Waals surface area contributed by atoms with Crippen LogP contribution in [0.3, 0.4) is 0 Å². The van der Waals surface area contributed by atoms with Gasteiger partial charge in [0.1, 0.15) is 0 Å². The number of aliphatic hydroxyl groups excluding tert-OH is 1. The fourth-order valence-electron chi connectivity index (χ4n) is 4.87. The maximum absolute atomic E-state index is 12.4. The molecule has 0 heterocycles. The molecule has 38 heavy (non-hydrogen) atoms. The fourth-order valence-corrected chi connectivity index (χ4v) is 5.23. The first-order chi connectivity index (χ1) is 18.3. The molecule has 0 aromatic heterocycles. The van der Waals surface area contributed by atoms with Crippen molar-refractivity contribution in [2.45, 2.75) is 180 Å². The number of unbranched alkanes of at least 4 members (excludes halogenated alkanes) is 20. The number of amides is 1. The lowest BCUT2D eigenvalue weighted by molar-refractivity contribution is -0.123. The summed E-state index contributed by atoms with van der Waals surface area (Å²) in [6.07, 6.45) is 26.6. The van der Waals surface area contributed by atoms with E-state index in [1.807, 2.05) is 0 Å². The molecule has 0 unspecified atom stereocenters. The third-order valence-electron chi connectivity index (χ3n) is 7.34. The highest BCUT2D eigenvalue weighted by molar-refractivity contribution is 7.46. The van der Waals surface area contributed by atoms with Crippen molar-refractivity contribution in [3.63, 3.8) is 0 Å². The van der Waals surface area contributed by atoms with Gasteiger partial charge in [0, 0.05) is 6.42 Å². The lowest BCUT2D eigenvalue weighted by Crippen LogP contribution is -2.46. The van der Waals surface area contributed by atoms with Crippen molar-refractivity contribution >= 4 is 13.7 Å². The van der Waals surface area contributed by atoms with Crippen LogP contribution in [-0.4, -0.2) is 39.6 Å². The zero-order valence-corrected chi connectivity index (χ0v) is 25.7. The molecule has 0 radical (unpaired) electrons. The molecule has 7 nitrogen and oxygen atoms in total. The van der Waals surface area contributed by atoms with Gasteiger partial charge in [0.05, 0.1) is 18.8 Å². The molecule has 0 aliphatic rings. The minimum atomic E-state index is -4.67. The van der Waals surface area contributed by atoms with Gasteiger partial charge in [0.25, 0.3) is 0 Å². The molecule has 0 bridgehead atoms. The third-order valence-corrected chi connectivity index (χ3v) is 7.83. The van der Waals surface area contributed by atoms with E-state index in [4.69, 9.17) is 9.79 Å². The monoisotopic (exact) mass is 563 g/mol. The maximum Gasteiger partial charge on any atom is 0.469 e. The van der Waals surface area contributed by atoms with Crippen LogP contribution in [0.1, 0.15) is 168 Å². The van der Waals surface area contributed by atoms with Crippen LogP contribution in [0.5, 0.6) is 0 Å². The van der Waals surface area contributed by atoms with E-state index in [0.29, 0.717) is 12.8 Å². The molecule has 1 amide bonds. The Labute approximate surface area is 234 Å². The van der Waals surface area contributed by atoms with Crippen LogP contribution in [0.15, 0.2) is 0 Å². The van der Waals surface area contributed by atoms with Crippen molar-refractivity contribution in [3.05, 3.63) is 0 Å². The number of carbonyl (C=O) groups excluding carboxylic acids is 1. The molecule has 0 spiro atoms. The first kappa shape index (κ1) is 37.5. The molecule has 0 aliphatic heterocycles. The predicted molar refractivity (Wildman–Crippen MR) is 158 cm³/mol. The molecule has 228 valence electrons. The Morgan fingerprint density at radius 1 is 0.658 bits per heavy atom. The molecule has 4 N–H and O–H groups in total. The Balaban J connectivity index is 4.02. The molecular formula is C30H62NO6P. The van der Waals surface area contributed by atoms with Gasteiger partial charge in [-0.25, -0.2) is 4.57 Å². The van der Waals surface area contributed by atoms with Gasteiger partial charge >= 0.3 is 7.82 Å². The first-order valence-corrected chi connectivity index (χ1v) is 17.5. The van der Waals surface area contributed by atoms with Crippen molar-refractivity contribution in [2.24, 2.45) is 0 Å². The predicted octanol–water partition coefficient (Wildman–Crippen LogP) is 8.34. The molecule has 0 rings (SSSR count). The van der Waals surface area contributed by atoms with Gasteiger partial charge in [-0.1, -0.05) is 149 Å². The average Bonchev–Trinajstić information content (AvgIpc) is 2.87. The number of aliphatic hydroxyl groups is 1. The van der Waals surface area contributed by atoms with Gasteiger partial charge < -0.3 is 20.2 Å². The Kier molecular flexibility index (Phi) is 26.4. The summed E-state index contributed by atoms with van der Waals surface area (Å²) in [4.78, 5) is 30.6. The van der Waals surface area contributed by atoms with E-state index in [1.165, 1.54) is 103 Å². The summed E-state index contributed by atoms with van der Waals surface area (Å²) in [7, 11) is -4.67. The second kappa shape index (κ2) is 26.7. The number of hydrogen-bond acceptors (Lipinski definition) is 4. The second-order valence-electron chi connectivity index (χ2n) is 11.1. The average molecular weight is 564 g/mol. The van der Waals surface area contributed by atoms with Crippen LogP contribution in [0.4, 0.5) is 0 Å². The summed E-state index contributed by atoms with van der Waals surface area (Å²) < 4.78 is 15.8. The van der Waals surface area contributed by atoms with E-state index in [0.717, 1.165) is 38.5 Å². The SMILES string of the molecule is CCCCCCCCCCCCCCCC(=O)N[C@@H](COP(=O)(O)O)[C@H](O)CCCCCCCCCCC. The molecule has 2 atom stereocenters. The van der Waals surface area contributed by atoms with Gasteiger partial charge in [-0.2, -0.15) is 0 Å². The van der Waals surface area contributed by atoms with Crippen molar-refractivity contribution in [2.75, 3.05) is 6.61 Å². The van der Waals surface area contributed by atoms with E-state index in [9.17, 15) is 14.5 Å². The quantitative estimate of drug-likeness (QED) is 0.0537. The lowest BCUT2D eigenvalue weighted by atomic mass is 10.0. The molecule has 8 heteroatoms. The van der Waals surface area contributed by atoms with E-state index < -0.39 is 26.6 Å². The standard InChI is InChI=1S/C30H62NO6P/c1-3-5-7-9-11-13-14-15-16-18-20-22-24-26-30(33)31-28(27-37-38(34,35)36)29(32)25-23-21-19-17-12-10-8-6-4-2/h28-29,32H,3-27H2,1-2H3,(H,31,33)(H2,34,35,36)/t28-,29+/m0/s1. The van der Waals surface area contributed by atoms with Crippen LogP contribution in [0, 0.1) is 0 Å². The molecule has 0 saturated heterocycles. The van der Waals surface area contributed by atoms with Crippen molar-refractivity contribution in [1.29, 1.82) is 0 Å². The Morgan fingerprint density at radius 3 is 1.42 bits per heavy atom. The van der Waals surface area contributed by atoms with Gasteiger partial charge in [-0.15, -0.1) is 0 Å². The second-order valence-corrected chi connectivity index (χ2v) is 12.4. The summed E-state index contributed by atoms with van der Waals surface area (Å²) in [5, 5.41) is 13.3. The van der Waals surface area contributed by atoms with E-state index in [2.05, 4.69) is 23.7 Å². The van der Waals surface area contributed by atoms with Crippen LogP contribution < -0.4 is 5.32 Å². The molecule has 0 aromatic rings.